The van der Waals surface area contributed by atoms with Crippen LogP contribution in [0.5, 0.6) is 0 Å². The molecule has 0 amide bonds. The van der Waals surface area contributed by atoms with Crippen LogP contribution in [-0.2, 0) is 10.0 Å². The molecule has 4 rings (SSSR count). The number of nitrogens with zero attached hydrogens (tertiary/aromatic N) is 1. The first-order chi connectivity index (χ1) is 14.3. The lowest BCUT2D eigenvalue weighted by atomic mass is 9.91. The summed E-state index contributed by atoms with van der Waals surface area (Å²) in [6.07, 6.45) is 4.82. The van der Waals surface area contributed by atoms with E-state index in [0.717, 1.165) is 35.5 Å². The molecule has 2 aromatic carbocycles. The van der Waals surface area contributed by atoms with Crippen LogP contribution in [0.1, 0.15) is 31.2 Å². The Morgan fingerprint density at radius 2 is 1.77 bits per heavy atom. The van der Waals surface area contributed by atoms with E-state index in [1.54, 1.807) is 13.1 Å². The number of hydrogen-bond donors (Lipinski definition) is 2. The summed E-state index contributed by atoms with van der Waals surface area (Å²) in [6, 6.07) is 11.5. The van der Waals surface area contributed by atoms with Gasteiger partial charge in [0.25, 0.3) is 0 Å². The largest absolute Gasteiger partial charge is 0.382 e. The minimum Gasteiger partial charge on any atom is -0.382 e. The smallest absolute Gasteiger partial charge is 0.241 e. The maximum atomic E-state index is 13.5. The van der Waals surface area contributed by atoms with Crippen molar-refractivity contribution < 1.29 is 12.8 Å². The summed E-state index contributed by atoms with van der Waals surface area (Å²) in [5, 5.41) is 5.22. The van der Waals surface area contributed by atoms with E-state index < -0.39 is 15.8 Å². The molecule has 3 aromatic rings. The van der Waals surface area contributed by atoms with Gasteiger partial charge in [-0.1, -0.05) is 17.7 Å². The standard InChI is InChI=1S/C22H23ClFN3O2S/c1-14-2-4-16(24)13-22(14)30(28,29)27-18-7-5-17(6-8-18)26-20-10-11-25-21-12-15(23)3-9-19(20)21/h2-4,9-13,17-18,27H,5-8H2,1H3,(H,25,26). The maximum Gasteiger partial charge on any atom is 0.241 e. The molecule has 0 spiro atoms. The first-order valence-electron chi connectivity index (χ1n) is 9.91. The van der Waals surface area contributed by atoms with E-state index in [0.29, 0.717) is 23.4 Å². The molecular formula is C22H23ClFN3O2S. The van der Waals surface area contributed by atoms with E-state index >= 15 is 0 Å². The lowest BCUT2D eigenvalue weighted by molar-refractivity contribution is 0.387. The van der Waals surface area contributed by atoms with Gasteiger partial charge in [-0.25, -0.2) is 17.5 Å². The fourth-order valence-electron chi connectivity index (χ4n) is 3.97. The van der Waals surface area contributed by atoms with E-state index in [1.165, 1.54) is 12.1 Å². The molecule has 158 valence electrons. The zero-order chi connectivity index (χ0) is 21.3. The third-order valence-electron chi connectivity index (χ3n) is 5.55. The summed E-state index contributed by atoms with van der Waals surface area (Å²) in [5.41, 5.74) is 2.36. The van der Waals surface area contributed by atoms with Gasteiger partial charge in [0.2, 0.25) is 10.0 Å². The fraction of sp³-hybridized carbons (Fsp3) is 0.318. The number of halogens is 2. The fourth-order valence-corrected chi connectivity index (χ4v) is 5.70. The highest BCUT2D eigenvalue weighted by molar-refractivity contribution is 7.89. The molecule has 1 aromatic heterocycles. The molecule has 1 heterocycles. The number of sulfonamides is 1. The van der Waals surface area contributed by atoms with E-state index in [9.17, 15) is 12.8 Å². The average molecular weight is 448 g/mol. The molecule has 0 saturated heterocycles. The van der Waals surface area contributed by atoms with Crippen LogP contribution in [0.15, 0.2) is 53.6 Å². The lowest BCUT2D eigenvalue weighted by Crippen LogP contribution is -2.40. The Hall–Kier alpha value is -2.22. The summed E-state index contributed by atoms with van der Waals surface area (Å²) in [7, 11) is -3.75. The molecule has 1 fully saturated rings. The Morgan fingerprint density at radius 3 is 2.53 bits per heavy atom. The van der Waals surface area contributed by atoms with Crippen LogP contribution in [0.3, 0.4) is 0 Å². The molecular weight excluding hydrogens is 425 g/mol. The second-order valence-corrected chi connectivity index (χ2v) is 9.86. The Bertz CT molecular complexity index is 1180. The van der Waals surface area contributed by atoms with Gasteiger partial charge in [0.05, 0.1) is 10.4 Å². The van der Waals surface area contributed by atoms with Crippen LogP contribution >= 0.6 is 11.6 Å². The number of aryl methyl sites for hydroxylation is 1. The number of anilines is 1. The van der Waals surface area contributed by atoms with Crippen molar-refractivity contribution >= 4 is 38.2 Å². The molecule has 0 atom stereocenters. The first kappa shape index (κ1) is 21.0. The van der Waals surface area contributed by atoms with Gasteiger partial charge in [0.15, 0.2) is 0 Å². The number of pyridine rings is 1. The molecule has 5 nitrogen and oxygen atoms in total. The highest BCUT2D eigenvalue weighted by atomic mass is 35.5. The summed E-state index contributed by atoms with van der Waals surface area (Å²) in [6.45, 7) is 1.67. The third kappa shape index (κ3) is 4.58. The van der Waals surface area contributed by atoms with Gasteiger partial charge in [-0.15, -0.1) is 0 Å². The van der Waals surface area contributed by atoms with Crippen molar-refractivity contribution in [2.75, 3.05) is 5.32 Å². The summed E-state index contributed by atoms with van der Waals surface area (Å²) < 4.78 is 41.7. The van der Waals surface area contributed by atoms with Crippen molar-refractivity contribution in [3.05, 3.63) is 65.1 Å². The molecule has 1 aliphatic rings. The molecule has 1 aliphatic carbocycles. The topological polar surface area (TPSA) is 71.1 Å². The lowest BCUT2D eigenvalue weighted by Gasteiger charge is -2.30. The van der Waals surface area contributed by atoms with Crippen molar-refractivity contribution in [2.45, 2.75) is 49.6 Å². The van der Waals surface area contributed by atoms with Gasteiger partial charge in [0, 0.05) is 34.4 Å². The molecule has 0 bridgehead atoms. The molecule has 1 saturated carbocycles. The molecule has 0 unspecified atom stereocenters. The first-order valence-corrected chi connectivity index (χ1v) is 11.8. The van der Waals surface area contributed by atoms with Gasteiger partial charge < -0.3 is 5.32 Å². The Balaban J connectivity index is 1.40. The van der Waals surface area contributed by atoms with E-state index in [4.69, 9.17) is 11.6 Å². The van der Waals surface area contributed by atoms with Crippen molar-refractivity contribution in [3.63, 3.8) is 0 Å². The molecule has 8 heteroatoms. The Morgan fingerprint density at radius 1 is 1.03 bits per heavy atom. The van der Waals surface area contributed by atoms with E-state index in [-0.39, 0.29) is 17.0 Å². The van der Waals surface area contributed by atoms with Crippen LogP contribution < -0.4 is 10.0 Å². The normalized spacial score (nSPS) is 19.7. The number of hydrogen-bond acceptors (Lipinski definition) is 4. The third-order valence-corrected chi connectivity index (χ3v) is 7.45. The minimum absolute atomic E-state index is 0.00432. The predicted molar refractivity (Wildman–Crippen MR) is 118 cm³/mol. The Kier molecular flexibility index (Phi) is 5.95. The number of aromatic nitrogens is 1. The van der Waals surface area contributed by atoms with Gasteiger partial charge >= 0.3 is 0 Å². The highest BCUT2D eigenvalue weighted by Gasteiger charge is 2.27. The number of rotatable bonds is 5. The van der Waals surface area contributed by atoms with Gasteiger partial charge in [-0.2, -0.15) is 0 Å². The SMILES string of the molecule is Cc1ccc(F)cc1S(=O)(=O)NC1CCC(Nc2ccnc3cc(Cl)ccc23)CC1. The van der Waals surface area contributed by atoms with E-state index in [1.807, 2.05) is 24.3 Å². The quantitative estimate of drug-likeness (QED) is 0.575. The van der Waals surface area contributed by atoms with Crippen LogP contribution in [0.25, 0.3) is 10.9 Å². The van der Waals surface area contributed by atoms with Crippen LogP contribution in [0.4, 0.5) is 10.1 Å². The second kappa shape index (κ2) is 8.49. The molecule has 0 radical (unpaired) electrons. The minimum atomic E-state index is -3.75. The van der Waals surface area contributed by atoms with Crippen molar-refractivity contribution in [1.29, 1.82) is 0 Å². The average Bonchev–Trinajstić information content (AvgIpc) is 2.71. The number of nitrogens with one attached hydrogen (secondary N) is 2. The summed E-state index contributed by atoms with van der Waals surface area (Å²) >= 11 is 6.06. The van der Waals surface area contributed by atoms with Gasteiger partial charge in [0.1, 0.15) is 5.82 Å². The number of fused-ring (bicyclic) bond motifs is 1. The molecule has 2 N–H and O–H groups in total. The maximum absolute atomic E-state index is 13.5. The van der Waals surface area contributed by atoms with Crippen LogP contribution in [0, 0.1) is 12.7 Å². The molecule has 30 heavy (non-hydrogen) atoms. The molecule has 0 aliphatic heterocycles. The van der Waals surface area contributed by atoms with Crippen molar-refractivity contribution in [3.8, 4) is 0 Å². The van der Waals surface area contributed by atoms with Crippen molar-refractivity contribution in [1.82, 2.24) is 9.71 Å². The van der Waals surface area contributed by atoms with Crippen LogP contribution in [0.2, 0.25) is 5.02 Å². The summed E-state index contributed by atoms with van der Waals surface area (Å²) in [4.78, 5) is 4.37. The van der Waals surface area contributed by atoms with Crippen molar-refractivity contribution in [2.24, 2.45) is 0 Å². The van der Waals surface area contributed by atoms with E-state index in [2.05, 4.69) is 15.0 Å². The second-order valence-electron chi connectivity index (χ2n) is 7.74. The zero-order valence-electron chi connectivity index (χ0n) is 16.5. The van der Waals surface area contributed by atoms with Crippen LogP contribution in [-0.4, -0.2) is 25.5 Å². The monoisotopic (exact) mass is 447 g/mol. The zero-order valence-corrected chi connectivity index (χ0v) is 18.1. The number of benzene rings is 2. The highest BCUT2D eigenvalue weighted by Crippen LogP contribution is 2.29. The van der Waals surface area contributed by atoms with Gasteiger partial charge in [-0.05, 0) is 74.6 Å². The van der Waals surface area contributed by atoms with Gasteiger partial charge in [-0.3, -0.25) is 4.98 Å². The Labute approximate surface area is 180 Å². The predicted octanol–water partition coefficient (Wildman–Crippen LogP) is 5.04. The summed E-state index contributed by atoms with van der Waals surface area (Å²) in [5.74, 6) is -0.556.